The normalized spacial score (nSPS) is 16.9. The summed E-state index contributed by atoms with van der Waals surface area (Å²) in [5.74, 6) is 0.0130. The molecule has 0 bridgehead atoms. The van der Waals surface area contributed by atoms with Crippen molar-refractivity contribution in [3.8, 4) is 0 Å². The van der Waals surface area contributed by atoms with Crippen LogP contribution >= 0.6 is 0 Å². The fourth-order valence-corrected chi connectivity index (χ4v) is 1.19. The van der Waals surface area contributed by atoms with Gasteiger partial charge < -0.3 is 15.8 Å². The van der Waals surface area contributed by atoms with Gasteiger partial charge in [-0.25, -0.2) is 0 Å². The monoisotopic (exact) mass is 216 g/mol. The molecule has 0 fully saturated rings. The van der Waals surface area contributed by atoms with Crippen LogP contribution in [0.2, 0.25) is 0 Å². The Bertz CT molecular complexity index is 191. The van der Waals surface area contributed by atoms with Gasteiger partial charge in [0.05, 0.1) is 11.5 Å². The summed E-state index contributed by atoms with van der Waals surface area (Å²) in [6, 6.07) is 0. The molecule has 0 saturated heterocycles. The summed E-state index contributed by atoms with van der Waals surface area (Å²) < 4.78 is 5.33. The van der Waals surface area contributed by atoms with Crippen molar-refractivity contribution in [3.05, 3.63) is 0 Å². The average molecular weight is 216 g/mol. The van der Waals surface area contributed by atoms with Crippen LogP contribution in [-0.4, -0.2) is 31.7 Å². The van der Waals surface area contributed by atoms with Gasteiger partial charge in [0.1, 0.15) is 0 Å². The zero-order valence-electron chi connectivity index (χ0n) is 10.3. The number of hydrogen-bond acceptors (Lipinski definition) is 3. The molecular formula is C11H24N2O2. The minimum absolute atomic E-state index is 0.0130. The molecule has 15 heavy (non-hydrogen) atoms. The number of nitrogens with one attached hydrogen (secondary N) is 1. The number of amides is 1. The van der Waals surface area contributed by atoms with Crippen LogP contribution in [0.5, 0.6) is 0 Å². The van der Waals surface area contributed by atoms with Gasteiger partial charge in [-0.05, 0) is 27.2 Å². The van der Waals surface area contributed by atoms with E-state index in [0.717, 1.165) is 6.42 Å². The van der Waals surface area contributed by atoms with E-state index in [1.807, 2.05) is 27.7 Å². The van der Waals surface area contributed by atoms with Gasteiger partial charge in [0.25, 0.3) is 0 Å². The average Bonchev–Trinajstić information content (AvgIpc) is 2.25. The van der Waals surface area contributed by atoms with Crippen molar-refractivity contribution in [2.75, 3.05) is 19.7 Å². The fraction of sp³-hybridized carbons (Fsp3) is 0.909. The molecule has 2 atom stereocenters. The molecule has 2 unspecified atom stereocenters. The Kier molecular flexibility index (Phi) is 6.52. The second-order valence-electron chi connectivity index (χ2n) is 4.09. The maximum absolute atomic E-state index is 11.8. The zero-order chi connectivity index (χ0) is 11.9. The third-order valence-corrected chi connectivity index (χ3v) is 2.78. The number of nitrogens with two attached hydrogens (primary N) is 1. The Morgan fingerprint density at radius 1 is 1.53 bits per heavy atom. The van der Waals surface area contributed by atoms with Crippen LogP contribution in [0.1, 0.15) is 34.1 Å². The predicted molar refractivity (Wildman–Crippen MR) is 61.6 cm³/mol. The number of carbonyl (C=O) groups excluding carboxylic acids is 1. The first-order valence-electron chi connectivity index (χ1n) is 5.60. The first-order valence-corrected chi connectivity index (χ1v) is 5.60. The quantitative estimate of drug-likeness (QED) is 0.664. The lowest BCUT2D eigenvalue weighted by molar-refractivity contribution is -0.130. The van der Waals surface area contributed by atoms with E-state index >= 15 is 0 Å². The van der Waals surface area contributed by atoms with E-state index in [0.29, 0.717) is 19.7 Å². The number of carbonyl (C=O) groups is 1. The maximum Gasteiger partial charge on any atom is 0.227 e. The lowest BCUT2D eigenvalue weighted by Gasteiger charge is -2.25. The highest BCUT2D eigenvalue weighted by molar-refractivity contribution is 5.82. The minimum atomic E-state index is -0.452. The largest absolute Gasteiger partial charge is 0.377 e. The van der Waals surface area contributed by atoms with E-state index in [9.17, 15) is 4.79 Å². The molecule has 0 aliphatic rings. The van der Waals surface area contributed by atoms with Crippen molar-refractivity contribution in [1.82, 2.24) is 5.32 Å². The smallest absolute Gasteiger partial charge is 0.227 e. The lowest BCUT2D eigenvalue weighted by Crippen LogP contribution is -2.45. The van der Waals surface area contributed by atoms with Crippen LogP contribution in [0, 0.1) is 5.41 Å². The Morgan fingerprint density at radius 2 is 2.13 bits per heavy atom. The molecule has 0 spiro atoms. The van der Waals surface area contributed by atoms with E-state index < -0.39 is 5.41 Å². The SMILES string of the molecule is CCOC(C)CNC(=O)C(C)(CC)CN. The van der Waals surface area contributed by atoms with Gasteiger partial charge >= 0.3 is 0 Å². The molecule has 0 aromatic heterocycles. The summed E-state index contributed by atoms with van der Waals surface area (Å²) in [7, 11) is 0. The summed E-state index contributed by atoms with van der Waals surface area (Å²) in [5, 5.41) is 2.87. The highest BCUT2D eigenvalue weighted by Crippen LogP contribution is 2.18. The maximum atomic E-state index is 11.8. The van der Waals surface area contributed by atoms with E-state index in [-0.39, 0.29) is 12.0 Å². The second kappa shape index (κ2) is 6.80. The molecule has 0 saturated carbocycles. The Morgan fingerprint density at radius 3 is 2.53 bits per heavy atom. The number of hydrogen-bond donors (Lipinski definition) is 2. The van der Waals surface area contributed by atoms with Crippen molar-refractivity contribution in [1.29, 1.82) is 0 Å². The molecule has 4 heteroatoms. The van der Waals surface area contributed by atoms with Crippen molar-refractivity contribution in [3.63, 3.8) is 0 Å². The molecule has 0 aromatic carbocycles. The van der Waals surface area contributed by atoms with Crippen molar-refractivity contribution in [2.24, 2.45) is 11.1 Å². The Balaban J connectivity index is 4.02. The van der Waals surface area contributed by atoms with Crippen LogP contribution < -0.4 is 11.1 Å². The molecule has 4 nitrogen and oxygen atoms in total. The fourth-order valence-electron chi connectivity index (χ4n) is 1.19. The molecule has 0 aliphatic heterocycles. The lowest BCUT2D eigenvalue weighted by atomic mass is 9.86. The van der Waals surface area contributed by atoms with Gasteiger partial charge in [0.15, 0.2) is 0 Å². The van der Waals surface area contributed by atoms with Gasteiger partial charge in [0, 0.05) is 19.7 Å². The topological polar surface area (TPSA) is 64.3 Å². The molecule has 0 aliphatic carbocycles. The molecule has 1 amide bonds. The van der Waals surface area contributed by atoms with E-state index in [1.165, 1.54) is 0 Å². The van der Waals surface area contributed by atoms with Crippen LogP contribution in [0.4, 0.5) is 0 Å². The number of rotatable bonds is 7. The zero-order valence-corrected chi connectivity index (χ0v) is 10.3. The molecular weight excluding hydrogens is 192 g/mol. The highest BCUT2D eigenvalue weighted by Gasteiger charge is 2.29. The first-order chi connectivity index (χ1) is 7.00. The summed E-state index contributed by atoms with van der Waals surface area (Å²) in [5.41, 5.74) is 5.14. The molecule has 0 rings (SSSR count). The van der Waals surface area contributed by atoms with Gasteiger partial charge in [-0.1, -0.05) is 6.92 Å². The van der Waals surface area contributed by atoms with Gasteiger partial charge in [-0.15, -0.1) is 0 Å². The van der Waals surface area contributed by atoms with E-state index in [1.54, 1.807) is 0 Å². The highest BCUT2D eigenvalue weighted by atomic mass is 16.5. The van der Waals surface area contributed by atoms with E-state index in [2.05, 4.69) is 5.32 Å². The van der Waals surface area contributed by atoms with Gasteiger partial charge in [-0.3, -0.25) is 4.79 Å². The molecule has 0 radical (unpaired) electrons. The summed E-state index contributed by atoms with van der Waals surface area (Å²) in [6.45, 7) is 9.32. The summed E-state index contributed by atoms with van der Waals surface area (Å²) >= 11 is 0. The van der Waals surface area contributed by atoms with Crippen LogP contribution in [0.15, 0.2) is 0 Å². The molecule has 0 aromatic rings. The van der Waals surface area contributed by atoms with Crippen LogP contribution in [0.25, 0.3) is 0 Å². The van der Waals surface area contributed by atoms with Crippen LogP contribution in [0.3, 0.4) is 0 Å². The molecule has 90 valence electrons. The van der Waals surface area contributed by atoms with Crippen LogP contribution in [-0.2, 0) is 9.53 Å². The standard InChI is InChI=1S/C11H24N2O2/c1-5-11(4,8-12)10(14)13-7-9(3)15-6-2/h9H,5-8,12H2,1-4H3,(H,13,14). The van der Waals surface area contributed by atoms with Crippen molar-refractivity contribution >= 4 is 5.91 Å². The summed E-state index contributed by atoms with van der Waals surface area (Å²) in [6.07, 6.45) is 0.802. The molecule has 0 heterocycles. The van der Waals surface area contributed by atoms with E-state index in [4.69, 9.17) is 10.5 Å². The van der Waals surface area contributed by atoms with Crippen molar-refractivity contribution in [2.45, 2.75) is 40.2 Å². The third-order valence-electron chi connectivity index (χ3n) is 2.78. The predicted octanol–water partition coefficient (Wildman–Crippen LogP) is 0.903. The number of ether oxygens (including phenoxy) is 1. The summed E-state index contributed by atoms with van der Waals surface area (Å²) in [4.78, 5) is 11.8. The van der Waals surface area contributed by atoms with Gasteiger partial charge in [-0.2, -0.15) is 0 Å². The van der Waals surface area contributed by atoms with Crippen molar-refractivity contribution < 1.29 is 9.53 Å². The third kappa shape index (κ3) is 4.62. The minimum Gasteiger partial charge on any atom is -0.377 e. The molecule has 3 N–H and O–H groups in total. The first kappa shape index (κ1) is 14.4. The second-order valence-corrected chi connectivity index (χ2v) is 4.09. The Hall–Kier alpha value is -0.610. The Labute approximate surface area is 92.6 Å². The van der Waals surface area contributed by atoms with Gasteiger partial charge in [0.2, 0.25) is 5.91 Å².